The van der Waals surface area contributed by atoms with Crippen LogP contribution < -0.4 is 11.1 Å². The fourth-order valence-electron chi connectivity index (χ4n) is 1.08. The highest BCUT2D eigenvalue weighted by Gasteiger charge is 2.36. The van der Waals surface area contributed by atoms with Gasteiger partial charge < -0.3 is 24.3 Å². The number of hydrogen-bond donors (Lipinski definition) is 2. The third-order valence-corrected chi connectivity index (χ3v) is 4.39. The van der Waals surface area contributed by atoms with Crippen LogP contribution in [0.5, 0.6) is 0 Å². The third-order valence-electron chi connectivity index (χ3n) is 1.89. The Morgan fingerprint density at radius 1 is 1.21 bits per heavy atom. The summed E-state index contributed by atoms with van der Waals surface area (Å²) >= 11 is 0. The summed E-state index contributed by atoms with van der Waals surface area (Å²) in [5.74, 6) is 0. The minimum atomic E-state index is -2.79. The molecule has 14 heavy (non-hydrogen) atoms. The maximum Gasteiger partial charge on any atom is 0.500 e. The molecule has 6 heteroatoms. The van der Waals surface area contributed by atoms with Gasteiger partial charge in [-0.05, 0) is 13.0 Å². The summed E-state index contributed by atoms with van der Waals surface area (Å²) in [7, 11) is 1.78. The van der Waals surface area contributed by atoms with E-state index in [-0.39, 0.29) is 0 Å². The predicted molar refractivity (Wildman–Crippen MR) is 58.1 cm³/mol. The number of rotatable bonds is 9. The molecule has 0 aliphatic heterocycles. The molecule has 0 radical (unpaired) electrons. The van der Waals surface area contributed by atoms with Crippen LogP contribution in [0.25, 0.3) is 0 Å². The van der Waals surface area contributed by atoms with Gasteiger partial charge in [0.2, 0.25) is 0 Å². The Kier molecular flexibility index (Phi) is 7.20. The highest BCUT2D eigenvalue weighted by Crippen LogP contribution is 2.13. The average Bonchev–Trinajstić information content (AvgIpc) is 2.28. The lowest BCUT2D eigenvalue weighted by Gasteiger charge is -2.24. The first-order valence-corrected chi connectivity index (χ1v) is 6.45. The molecule has 5 nitrogen and oxygen atoms in total. The summed E-state index contributed by atoms with van der Waals surface area (Å²) in [6, 6.07) is -0.470. The van der Waals surface area contributed by atoms with Gasteiger partial charge in [0, 0.05) is 41.8 Å². The maximum atomic E-state index is 7.93. The molecule has 0 aliphatic carbocycles. The molecule has 0 heterocycles. The van der Waals surface area contributed by atoms with Gasteiger partial charge in [-0.25, -0.2) is 0 Å². The SMILES string of the molecule is [2H]C(CCNCCN)[Si](OC)(OC)OC. The van der Waals surface area contributed by atoms with Crippen LogP contribution in [0.1, 0.15) is 7.79 Å². The zero-order valence-corrected chi connectivity index (χ0v) is 10.2. The molecule has 0 fully saturated rings. The molecule has 0 aliphatic rings. The second-order valence-electron chi connectivity index (χ2n) is 2.75. The molecule has 0 bridgehead atoms. The van der Waals surface area contributed by atoms with Crippen molar-refractivity contribution in [3.05, 3.63) is 0 Å². The summed E-state index contributed by atoms with van der Waals surface area (Å²) in [6.45, 7) is 2.08. The van der Waals surface area contributed by atoms with E-state index in [0.29, 0.717) is 13.0 Å². The van der Waals surface area contributed by atoms with Crippen LogP contribution in [0.2, 0.25) is 6.02 Å². The Labute approximate surface area is 88.7 Å². The van der Waals surface area contributed by atoms with E-state index in [2.05, 4.69) is 5.32 Å². The molecular formula is C8H22N2O3Si. The topological polar surface area (TPSA) is 65.7 Å². The van der Waals surface area contributed by atoms with Crippen molar-refractivity contribution in [3.8, 4) is 0 Å². The third kappa shape index (κ3) is 5.04. The van der Waals surface area contributed by atoms with E-state index in [4.69, 9.17) is 20.4 Å². The molecule has 3 N–H and O–H groups in total. The van der Waals surface area contributed by atoms with Crippen molar-refractivity contribution in [2.45, 2.75) is 12.4 Å². The van der Waals surface area contributed by atoms with Crippen LogP contribution in [0.3, 0.4) is 0 Å². The summed E-state index contributed by atoms with van der Waals surface area (Å²) in [4.78, 5) is 0. The predicted octanol–water partition coefficient (Wildman–Crippen LogP) is -0.197. The first-order valence-electron chi connectivity index (χ1n) is 5.23. The van der Waals surface area contributed by atoms with Crippen molar-refractivity contribution in [3.63, 3.8) is 0 Å². The molecule has 0 rings (SSSR count). The summed E-state index contributed by atoms with van der Waals surface area (Å²) in [5, 5.41) is 3.12. The second-order valence-corrected chi connectivity index (χ2v) is 5.59. The Bertz CT molecular complexity index is 153. The van der Waals surface area contributed by atoms with Crippen molar-refractivity contribution in [2.24, 2.45) is 5.73 Å². The van der Waals surface area contributed by atoms with Crippen LogP contribution in [0.4, 0.5) is 0 Å². The van der Waals surface area contributed by atoms with Crippen molar-refractivity contribution in [2.75, 3.05) is 41.0 Å². The molecular weight excluding hydrogens is 200 g/mol. The Balaban J connectivity index is 3.97. The summed E-state index contributed by atoms with van der Waals surface area (Å²) in [6.07, 6.45) is 0.627. The lowest BCUT2D eigenvalue weighted by atomic mass is 10.5. The van der Waals surface area contributed by atoms with E-state index in [0.717, 1.165) is 13.1 Å². The van der Waals surface area contributed by atoms with Crippen molar-refractivity contribution in [1.82, 2.24) is 5.32 Å². The fraction of sp³-hybridized carbons (Fsp3) is 1.00. The number of nitrogens with two attached hydrogens (primary N) is 1. The van der Waals surface area contributed by atoms with E-state index < -0.39 is 14.8 Å². The van der Waals surface area contributed by atoms with E-state index >= 15 is 0 Å². The van der Waals surface area contributed by atoms with Crippen LogP contribution in [-0.4, -0.2) is 49.8 Å². The monoisotopic (exact) mass is 223 g/mol. The zero-order chi connectivity index (χ0) is 11.7. The van der Waals surface area contributed by atoms with Crippen molar-refractivity contribution < 1.29 is 14.6 Å². The van der Waals surface area contributed by atoms with Gasteiger partial charge in [0.05, 0.1) is 0 Å². The smallest absolute Gasteiger partial charge is 0.377 e. The lowest BCUT2D eigenvalue weighted by molar-refractivity contribution is 0.123. The van der Waals surface area contributed by atoms with Crippen LogP contribution in [-0.2, 0) is 13.3 Å². The molecule has 0 aromatic rings. The van der Waals surface area contributed by atoms with Gasteiger partial charge in [0.25, 0.3) is 0 Å². The number of nitrogens with one attached hydrogen (secondary N) is 1. The van der Waals surface area contributed by atoms with Crippen molar-refractivity contribution in [1.29, 1.82) is 0 Å². The molecule has 0 amide bonds. The van der Waals surface area contributed by atoms with Gasteiger partial charge in [-0.1, -0.05) is 0 Å². The second kappa shape index (κ2) is 8.34. The minimum Gasteiger partial charge on any atom is -0.377 e. The standard InChI is InChI=1S/C8H22N2O3Si/c1-11-14(12-2,13-3)8-4-6-10-7-5-9/h10H,4-9H2,1-3H3/i8D. The average molecular weight is 223 g/mol. The molecule has 0 aromatic carbocycles. The molecule has 0 aromatic heterocycles. The molecule has 86 valence electrons. The minimum absolute atomic E-state index is 0.470. The van der Waals surface area contributed by atoms with Crippen LogP contribution in [0, 0.1) is 0 Å². The normalized spacial score (nSPS) is 15.3. The van der Waals surface area contributed by atoms with E-state index in [1.807, 2.05) is 0 Å². The Morgan fingerprint density at radius 3 is 2.21 bits per heavy atom. The van der Waals surface area contributed by atoms with Gasteiger partial charge in [0.1, 0.15) is 0 Å². The zero-order valence-electron chi connectivity index (χ0n) is 10.2. The van der Waals surface area contributed by atoms with Gasteiger partial charge in [-0.3, -0.25) is 0 Å². The Morgan fingerprint density at radius 2 is 1.79 bits per heavy atom. The molecule has 0 saturated carbocycles. The fourth-order valence-corrected chi connectivity index (χ4v) is 2.58. The van der Waals surface area contributed by atoms with Gasteiger partial charge >= 0.3 is 8.80 Å². The molecule has 0 spiro atoms. The van der Waals surface area contributed by atoms with E-state index in [1.165, 1.54) is 21.3 Å². The first kappa shape index (κ1) is 12.1. The van der Waals surface area contributed by atoms with Crippen LogP contribution >= 0.6 is 0 Å². The molecule has 1 unspecified atom stereocenters. The van der Waals surface area contributed by atoms with Crippen LogP contribution in [0.15, 0.2) is 0 Å². The van der Waals surface area contributed by atoms with Gasteiger partial charge in [0.15, 0.2) is 0 Å². The molecule has 0 saturated heterocycles. The highest BCUT2D eigenvalue weighted by atomic mass is 28.4. The van der Waals surface area contributed by atoms with E-state index in [9.17, 15) is 0 Å². The number of hydrogen-bond acceptors (Lipinski definition) is 5. The maximum absolute atomic E-state index is 7.93. The highest BCUT2D eigenvalue weighted by molar-refractivity contribution is 6.60. The van der Waals surface area contributed by atoms with Gasteiger partial charge in [-0.2, -0.15) is 0 Å². The quantitative estimate of drug-likeness (QED) is 0.419. The van der Waals surface area contributed by atoms with Gasteiger partial charge in [-0.15, -0.1) is 0 Å². The largest absolute Gasteiger partial charge is 0.500 e. The lowest BCUT2D eigenvalue weighted by Crippen LogP contribution is -2.43. The Hall–Kier alpha value is 0.0169. The first-order chi connectivity index (χ1) is 7.16. The molecule has 1 atom stereocenters. The van der Waals surface area contributed by atoms with Crippen molar-refractivity contribution >= 4 is 8.80 Å². The van der Waals surface area contributed by atoms with E-state index in [1.54, 1.807) is 0 Å². The summed E-state index contributed by atoms with van der Waals surface area (Å²) in [5.41, 5.74) is 5.33. The summed E-state index contributed by atoms with van der Waals surface area (Å²) < 4.78 is 23.6.